The van der Waals surface area contributed by atoms with Crippen LogP contribution >= 0.6 is 0 Å². The van der Waals surface area contributed by atoms with Crippen molar-refractivity contribution in [3.8, 4) is 5.75 Å². The summed E-state index contributed by atoms with van der Waals surface area (Å²) in [6, 6.07) is 7.95. The summed E-state index contributed by atoms with van der Waals surface area (Å²) < 4.78 is 10.2. The number of nitrogens with zero attached hydrogens (tertiary/aromatic N) is 1. The van der Waals surface area contributed by atoms with Crippen LogP contribution in [0, 0.1) is 0 Å². The summed E-state index contributed by atoms with van der Waals surface area (Å²) in [6.45, 7) is 4.33. The van der Waals surface area contributed by atoms with Gasteiger partial charge in [-0.05, 0) is 52.1 Å². The topological polar surface area (TPSA) is 38.8 Å². The number of carbonyl (C=O) groups excluding carboxylic acids is 1. The van der Waals surface area contributed by atoms with E-state index < -0.39 is 0 Å². The van der Waals surface area contributed by atoms with Gasteiger partial charge in [0.05, 0.1) is 20.1 Å². The molecule has 0 heterocycles. The zero-order chi connectivity index (χ0) is 15.2. The molecule has 20 heavy (non-hydrogen) atoms. The number of benzene rings is 1. The fourth-order valence-corrected chi connectivity index (χ4v) is 2.08. The molecule has 1 unspecified atom stereocenters. The Kier molecular flexibility index (Phi) is 6.02. The number of esters is 1. The molecule has 4 nitrogen and oxygen atoms in total. The summed E-state index contributed by atoms with van der Waals surface area (Å²) in [4.78, 5) is 13.9. The highest BCUT2D eigenvalue weighted by atomic mass is 16.5. The van der Waals surface area contributed by atoms with Crippen molar-refractivity contribution in [2.24, 2.45) is 0 Å². The predicted molar refractivity (Wildman–Crippen MR) is 80.0 cm³/mol. The Balaban J connectivity index is 2.81. The van der Waals surface area contributed by atoms with Gasteiger partial charge in [-0.2, -0.15) is 0 Å². The average molecular weight is 279 g/mol. The zero-order valence-corrected chi connectivity index (χ0v) is 13.1. The second kappa shape index (κ2) is 7.29. The SMILES string of the molecule is CCOC(=O)CC(C)(Cc1ccc(OC)cc1)N(C)C. The van der Waals surface area contributed by atoms with E-state index in [-0.39, 0.29) is 11.5 Å². The summed E-state index contributed by atoms with van der Waals surface area (Å²) in [5, 5.41) is 0. The molecule has 0 aromatic heterocycles. The fourth-order valence-electron chi connectivity index (χ4n) is 2.08. The number of carbonyl (C=O) groups is 1. The number of hydrogen-bond donors (Lipinski definition) is 0. The third-order valence-electron chi connectivity index (χ3n) is 3.65. The van der Waals surface area contributed by atoms with Crippen molar-refractivity contribution in [3.05, 3.63) is 29.8 Å². The smallest absolute Gasteiger partial charge is 0.307 e. The maximum atomic E-state index is 11.8. The maximum Gasteiger partial charge on any atom is 0.307 e. The average Bonchev–Trinajstić information content (AvgIpc) is 2.39. The molecular weight excluding hydrogens is 254 g/mol. The van der Waals surface area contributed by atoms with Gasteiger partial charge in [0.25, 0.3) is 0 Å². The molecule has 4 heteroatoms. The van der Waals surface area contributed by atoms with Gasteiger partial charge in [0.2, 0.25) is 0 Å². The number of ether oxygens (including phenoxy) is 2. The van der Waals surface area contributed by atoms with E-state index in [4.69, 9.17) is 9.47 Å². The molecule has 0 spiro atoms. The summed E-state index contributed by atoms with van der Waals surface area (Å²) in [6.07, 6.45) is 1.16. The molecule has 0 aliphatic carbocycles. The van der Waals surface area contributed by atoms with Crippen LogP contribution in [0.5, 0.6) is 5.75 Å². The highest BCUT2D eigenvalue weighted by Crippen LogP contribution is 2.24. The predicted octanol–water partition coefficient (Wildman–Crippen LogP) is 2.51. The molecule has 0 amide bonds. The van der Waals surface area contributed by atoms with Crippen LogP contribution in [0.3, 0.4) is 0 Å². The molecule has 0 aliphatic rings. The van der Waals surface area contributed by atoms with Crippen molar-refractivity contribution in [2.75, 3.05) is 27.8 Å². The van der Waals surface area contributed by atoms with E-state index in [1.807, 2.05) is 45.3 Å². The van der Waals surface area contributed by atoms with Crippen LogP contribution in [0.2, 0.25) is 0 Å². The van der Waals surface area contributed by atoms with Gasteiger partial charge in [-0.1, -0.05) is 12.1 Å². The Morgan fingerprint density at radius 1 is 1.25 bits per heavy atom. The third-order valence-corrected chi connectivity index (χ3v) is 3.65. The molecule has 0 bridgehead atoms. The van der Waals surface area contributed by atoms with Crippen molar-refractivity contribution in [1.82, 2.24) is 4.90 Å². The Labute approximate surface area is 121 Å². The number of methoxy groups -OCH3 is 1. The molecule has 0 aliphatic heterocycles. The van der Waals surface area contributed by atoms with Crippen LogP contribution in [0.1, 0.15) is 25.8 Å². The van der Waals surface area contributed by atoms with Crippen molar-refractivity contribution in [1.29, 1.82) is 0 Å². The van der Waals surface area contributed by atoms with E-state index in [1.165, 1.54) is 5.56 Å². The van der Waals surface area contributed by atoms with E-state index in [1.54, 1.807) is 7.11 Å². The highest BCUT2D eigenvalue weighted by molar-refractivity contribution is 5.70. The summed E-state index contributed by atoms with van der Waals surface area (Å²) in [7, 11) is 5.63. The molecule has 0 radical (unpaired) electrons. The largest absolute Gasteiger partial charge is 0.497 e. The molecule has 112 valence electrons. The van der Waals surface area contributed by atoms with Gasteiger partial charge >= 0.3 is 5.97 Å². The number of likely N-dealkylation sites (N-methyl/N-ethyl adjacent to an activating group) is 1. The highest BCUT2D eigenvalue weighted by Gasteiger charge is 2.30. The van der Waals surface area contributed by atoms with Crippen molar-refractivity contribution >= 4 is 5.97 Å². The Morgan fingerprint density at radius 3 is 2.30 bits per heavy atom. The first-order valence-corrected chi connectivity index (χ1v) is 6.87. The molecule has 0 saturated heterocycles. The van der Waals surface area contributed by atoms with Crippen LogP contribution in [0.4, 0.5) is 0 Å². The minimum Gasteiger partial charge on any atom is -0.497 e. The molecule has 0 fully saturated rings. The van der Waals surface area contributed by atoms with Crippen molar-refractivity contribution in [2.45, 2.75) is 32.2 Å². The van der Waals surface area contributed by atoms with Gasteiger partial charge in [-0.15, -0.1) is 0 Å². The van der Waals surface area contributed by atoms with Crippen LogP contribution < -0.4 is 4.74 Å². The first kappa shape index (κ1) is 16.5. The van der Waals surface area contributed by atoms with Crippen LogP contribution in [-0.4, -0.2) is 44.2 Å². The summed E-state index contributed by atoms with van der Waals surface area (Å²) in [5.41, 5.74) is 0.909. The summed E-state index contributed by atoms with van der Waals surface area (Å²) >= 11 is 0. The van der Waals surface area contributed by atoms with Gasteiger partial charge in [-0.25, -0.2) is 0 Å². The van der Waals surface area contributed by atoms with Gasteiger partial charge < -0.3 is 14.4 Å². The van der Waals surface area contributed by atoms with Gasteiger partial charge in [0, 0.05) is 5.54 Å². The fraction of sp³-hybridized carbons (Fsp3) is 0.562. The van der Waals surface area contributed by atoms with Crippen LogP contribution in [0.15, 0.2) is 24.3 Å². The molecule has 1 atom stereocenters. The molecule has 1 rings (SSSR count). The molecular formula is C16H25NO3. The first-order valence-electron chi connectivity index (χ1n) is 6.87. The molecule has 0 saturated carbocycles. The standard InChI is InChI=1S/C16H25NO3/c1-6-20-15(18)12-16(2,17(3)4)11-13-7-9-14(19-5)10-8-13/h7-10H,6,11-12H2,1-5H3. The Morgan fingerprint density at radius 2 is 1.85 bits per heavy atom. The maximum absolute atomic E-state index is 11.8. The second-order valence-electron chi connectivity index (χ2n) is 5.40. The summed E-state index contributed by atoms with van der Waals surface area (Å²) in [5.74, 6) is 0.683. The Hall–Kier alpha value is -1.55. The lowest BCUT2D eigenvalue weighted by Gasteiger charge is -2.36. The molecule has 0 N–H and O–H groups in total. The van der Waals surface area contributed by atoms with Crippen molar-refractivity contribution < 1.29 is 14.3 Å². The normalized spacial score (nSPS) is 13.9. The lowest BCUT2D eigenvalue weighted by Crippen LogP contribution is -2.45. The second-order valence-corrected chi connectivity index (χ2v) is 5.40. The third kappa shape index (κ3) is 4.53. The van der Waals surface area contributed by atoms with Crippen LogP contribution in [0.25, 0.3) is 0 Å². The number of hydrogen-bond acceptors (Lipinski definition) is 4. The van der Waals surface area contributed by atoms with E-state index in [0.717, 1.165) is 12.2 Å². The molecule has 1 aromatic carbocycles. The zero-order valence-electron chi connectivity index (χ0n) is 13.1. The van der Waals surface area contributed by atoms with E-state index in [0.29, 0.717) is 13.0 Å². The van der Waals surface area contributed by atoms with Gasteiger partial charge in [0.15, 0.2) is 0 Å². The van der Waals surface area contributed by atoms with Gasteiger partial charge in [-0.3, -0.25) is 4.79 Å². The molecule has 1 aromatic rings. The Bertz CT molecular complexity index is 428. The van der Waals surface area contributed by atoms with E-state index in [9.17, 15) is 4.79 Å². The lowest BCUT2D eigenvalue weighted by atomic mass is 9.88. The van der Waals surface area contributed by atoms with E-state index >= 15 is 0 Å². The van der Waals surface area contributed by atoms with Crippen molar-refractivity contribution in [3.63, 3.8) is 0 Å². The minimum absolute atomic E-state index is 0.155. The van der Waals surface area contributed by atoms with Crippen LogP contribution in [-0.2, 0) is 16.0 Å². The lowest BCUT2D eigenvalue weighted by molar-refractivity contribution is -0.145. The van der Waals surface area contributed by atoms with E-state index in [2.05, 4.69) is 11.8 Å². The number of rotatable bonds is 7. The monoisotopic (exact) mass is 279 g/mol. The first-order chi connectivity index (χ1) is 9.41. The van der Waals surface area contributed by atoms with Gasteiger partial charge in [0.1, 0.15) is 5.75 Å². The minimum atomic E-state index is -0.263. The quantitative estimate of drug-likeness (QED) is 0.719.